The normalized spacial score (nSPS) is 10.3. The van der Waals surface area contributed by atoms with Gasteiger partial charge in [-0.1, -0.05) is 6.07 Å². The minimum absolute atomic E-state index is 0.767. The molecule has 0 aliphatic carbocycles. The van der Waals surface area contributed by atoms with Crippen molar-refractivity contribution in [3.8, 4) is 0 Å². The van der Waals surface area contributed by atoms with E-state index in [1.807, 2.05) is 25.1 Å². The number of nitrogens with two attached hydrogens (primary N) is 1. The molecule has 0 amide bonds. The number of nitrogens with one attached hydrogen (secondary N) is 2. The lowest BCUT2D eigenvalue weighted by molar-refractivity contribution is 0.901. The fraction of sp³-hybridized carbons (Fsp3) is 0.273. The molecular weight excluding hydrogens is 202 g/mol. The van der Waals surface area contributed by atoms with Gasteiger partial charge >= 0.3 is 0 Å². The molecule has 1 aromatic heterocycles. The van der Waals surface area contributed by atoms with E-state index in [4.69, 9.17) is 5.73 Å². The zero-order valence-electron chi connectivity index (χ0n) is 9.20. The van der Waals surface area contributed by atoms with Crippen LogP contribution in [0.4, 0.5) is 11.4 Å². The number of nitrogens with zero attached hydrogens (tertiary/aromatic N) is 2. The number of benzene rings is 1. The van der Waals surface area contributed by atoms with Gasteiger partial charge in [-0.05, 0) is 24.6 Å². The van der Waals surface area contributed by atoms with Crippen LogP contribution in [0.25, 0.3) is 0 Å². The largest absolute Gasteiger partial charge is 0.397 e. The number of aryl methyl sites for hydroxylation is 1. The molecule has 1 heterocycles. The summed E-state index contributed by atoms with van der Waals surface area (Å²) in [5.74, 6) is 0.874. The number of hydrogen-bond acceptors (Lipinski definition) is 4. The predicted octanol–water partition coefficient (Wildman–Crippen LogP) is 1.35. The summed E-state index contributed by atoms with van der Waals surface area (Å²) in [5.41, 5.74) is 8.78. The summed E-state index contributed by atoms with van der Waals surface area (Å²) in [6.45, 7) is 2.82. The van der Waals surface area contributed by atoms with Crippen molar-refractivity contribution in [1.82, 2.24) is 15.2 Å². The van der Waals surface area contributed by atoms with Gasteiger partial charge in [-0.15, -0.1) is 0 Å². The molecule has 0 atom stereocenters. The third-order valence-corrected chi connectivity index (χ3v) is 2.35. The Morgan fingerprint density at radius 1 is 1.44 bits per heavy atom. The molecule has 0 aliphatic rings. The van der Waals surface area contributed by atoms with Crippen molar-refractivity contribution in [2.45, 2.75) is 13.3 Å². The first-order valence-electron chi connectivity index (χ1n) is 5.20. The van der Waals surface area contributed by atoms with Gasteiger partial charge in [-0.3, -0.25) is 5.10 Å². The first kappa shape index (κ1) is 10.5. The number of anilines is 2. The average molecular weight is 217 g/mol. The van der Waals surface area contributed by atoms with E-state index in [1.165, 1.54) is 11.9 Å². The van der Waals surface area contributed by atoms with E-state index in [-0.39, 0.29) is 0 Å². The number of rotatable bonds is 4. The summed E-state index contributed by atoms with van der Waals surface area (Å²) >= 11 is 0. The van der Waals surface area contributed by atoms with E-state index in [0.29, 0.717) is 0 Å². The van der Waals surface area contributed by atoms with Crippen LogP contribution >= 0.6 is 0 Å². The molecule has 5 nitrogen and oxygen atoms in total. The maximum absolute atomic E-state index is 5.85. The molecule has 0 aliphatic heterocycles. The number of H-pyrrole nitrogens is 1. The second-order valence-corrected chi connectivity index (χ2v) is 3.70. The summed E-state index contributed by atoms with van der Waals surface area (Å²) < 4.78 is 0. The van der Waals surface area contributed by atoms with Gasteiger partial charge in [0.05, 0.1) is 11.4 Å². The van der Waals surface area contributed by atoms with Crippen LogP contribution in [0.3, 0.4) is 0 Å². The predicted molar refractivity (Wildman–Crippen MR) is 64.2 cm³/mol. The molecule has 0 radical (unpaired) electrons. The summed E-state index contributed by atoms with van der Waals surface area (Å²) in [7, 11) is 0. The molecule has 0 saturated heterocycles. The lowest BCUT2D eigenvalue weighted by Gasteiger charge is -2.09. The third-order valence-electron chi connectivity index (χ3n) is 2.35. The zero-order valence-corrected chi connectivity index (χ0v) is 9.20. The Balaban J connectivity index is 1.92. The van der Waals surface area contributed by atoms with E-state index in [9.17, 15) is 0 Å². The van der Waals surface area contributed by atoms with Gasteiger partial charge in [-0.2, -0.15) is 5.10 Å². The van der Waals surface area contributed by atoms with E-state index in [0.717, 1.165) is 30.2 Å². The highest BCUT2D eigenvalue weighted by Gasteiger charge is 1.99. The quantitative estimate of drug-likeness (QED) is 0.675. The van der Waals surface area contributed by atoms with E-state index in [2.05, 4.69) is 20.5 Å². The van der Waals surface area contributed by atoms with Crippen LogP contribution in [0.15, 0.2) is 24.5 Å². The van der Waals surface area contributed by atoms with Gasteiger partial charge in [-0.25, -0.2) is 4.98 Å². The maximum Gasteiger partial charge on any atom is 0.137 e. The zero-order chi connectivity index (χ0) is 11.4. The van der Waals surface area contributed by atoms with Gasteiger partial charge in [0.2, 0.25) is 0 Å². The smallest absolute Gasteiger partial charge is 0.137 e. The Morgan fingerprint density at radius 2 is 2.31 bits per heavy atom. The Labute approximate surface area is 94.1 Å². The van der Waals surface area contributed by atoms with Crippen LogP contribution in [-0.4, -0.2) is 21.7 Å². The summed E-state index contributed by atoms with van der Waals surface area (Å²) in [5, 5.41) is 9.89. The second-order valence-electron chi connectivity index (χ2n) is 3.70. The van der Waals surface area contributed by atoms with Crippen molar-refractivity contribution in [3.63, 3.8) is 0 Å². The monoisotopic (exact) mass is 217 g/mol. The van der Waals surface area contributed by atoms with E-state index in [1.54, 1.807) is 0 Å². The number of aromatic amines is 1. The van der Waals surface area contributed by atoms with Crippen molar-refractivity contribution in [2.24, 2.45) is 0 Å². The molecular formula is C11H15N5. The molecule has 0 bridgehead atoms. The number of aromatic nitrogens is 3. The average Bonchev–Trinajstić information content (AvgIpc) is 2.76. The van der Waals surface area contributed by atoms with Crippen molar-refractivity contribution >= 4 is 11.4 Å². The molecule has 0 unspecified atom stereocenters. The van der Waals surface area contributed by atoms with Crippen molar-refractivity contribution in [2.75, 3.05) is 17.6 Å². The van der Waals surface area contributed by atoms with Crippen molar-refractivity contribution < 1.29 is 0 Å². The van der Waals surface area contributed by atoms with Crippen LogP contribution in [0.1, 0.15) is 11.4 Å². The van der Waals surface area contributed by atoms with Crippen LogP contribution < -0.4 is 11.1 Å². The summed E-state index contributed by atoms with van der Waals surface area (Å²) in [6.07, 6.45) is 2.31. The molecule has 84 valence electrons. The second kappa shape index (κ2) is 4.65. The fourth-order valence-electron chi connectivity index (χ4n) is 1.49. The van der Waals surface area contributed by atoms with Gasteiger partial charge in [0, 0.05) is 13.0 Å². The van der Waals surface area contributed by atoms with Crippen LogP contribution in [0, 0.1) is 6.92 Å². The van der Waals surface area contributed by atoms with Gasteiger partial charge in [0.1, 0.15) is 12.2 Å². The standard InChI is InChI=1S/C11H15N5/c1-8-2-3-9(12)10(6-8)13-5-4-11-14-7-15-16-11/h2-3,6-7,13H,4-5,12H2,1H3,(H,14,15,16). The third kappa shape index (κ3) is 2.50. The van der Waals surface area contributed by atoms with Crippen molar-refractivity contribution in [1.29, 1.82) is 0 Å². The lowest BCUT2D eigenvalue weighted by Crippen LogP contribution is -2.08. The van der Waals surface area contributed by atoms with Crippen molar-refractivity contribution in [3.05, 3.63) is 35.9 Å². The minimum atomic E-state index is 0.767. The summed E-state index contributed by atoms with van der Waals surface area (Å²) in [4.78, 5) is 4.05. The maximum atomic E-state index is 5.85. The van der Waals surface area contributed by atoms with Gasteiger partial charge in [0.25, 0.3) is 0 Å². The molecule has 16 heavy (non-hydrogen) atoms. The Kier molecular flexibility index (Phi) is 3.05. The van der Waals surface area contributed by atoms with Crippen LogP contribution in [0.2, 0.25) is 0 Å². The van der Waals surface area contributed by atoms with E-state index >= 15 is 0 Å². The minimum Gasteiger partial charge on any atom is -0.397 e. The SMILES string of the molecule is Cc1ccc(N)c(NCCc2ncn[nH]2)c1. The Hall–Kier alpha value is -2.04. The highest BCUT2D eigenvalue weighted by molar-refractivity contribution is 5.66. The molecule has 0 saturated carbocycles. The van der Waals surface area contributed by atoms with Gasteiger partial charge < -0.3 is 11.1 Å². The molecule has 4 N–H and O–H groups in total. The summed E-state index contributed by atoms with van der Waals surface area (Å²) in [6, 6.07) is 5.94. The van der Waals surface area contributed by atoms with Crippen LogP contribution in [-0.2, 0) is 6.42 Å². The highest BCUT2D eigenvalue weighted by atomic mass is 15.2. The lowest BCUT2D eigenvalue weighted by atomic mass is 10.2. The molecule has 1 aromatic carbocycles. The topological polar surface area (TPSA) is 79.6 Å². The molecule has 5 heteroatoms. The Morgan fingerprint density at radius 3 is 3.06 bits per heavy atom. The highest BCUT2D eigenvalue weighted by Crippen LogP contribution is 2.19. The molecule has 0 spiro atoms. The first-order chi connectivity index (χ1) is 7.75. The van der Waals surface area contributed by atoms with Crippen LogP contribution in [0.5, 0.6) is 0 Å². The Bertz CT molecular complexity index is 449. The first-order valence-corrected chi connectivity index (χ1v) is 5.20. The van der Waals surface area contributed by atoms with Gasteiger partial charge in [0.15, 0.2) is 0 Å². The molecule has 0 fully saturated rings. The molecule has 2 aromatic rings. The number of nitrogen functional groups attached to an aromatic ring is 1. The molecule has 2 rings (SSSR count). The fourth-order valence-corrected chi connectivity index (χ4v) is 1.49. The van der Waals surface area contributed by atoms with E-state index < -0.39 is 0 Å². The number of hydrogen-bond donors (Lipinski definition) is 3.